The van der Waals surface area contributed by atoms with E-state index in [4.69, 9.17) is 0 Å². The first-order valence-corrected chi connectivity index (χ1v) is 23.8. The first-order valence-electron chi connectivity index (χ1n) is 23.8. The predicted molar refractivity (Wildman–Crippen MR) is 248 cm³/mol. The summed E-state index contributed by atoms with van der Waals surface area (Å²) in [6.45, 7) is 4.18. The molecule has 0 aliphatic carbocycles. The average molecular weight is 778 g/mol. The van der Waals surface area contributed by atoms with Crippen LogP contribution in [0.1, 0.15) is 219 Å². The van der Waals surface area contributed by atoms with Crippen LogP contribution in [0.5, 0.6) is 0 Å². The lowest BCUT2D eigenvalue weighted by atomic mass is 10.0. The van der Waals surface area contributed by atoms with Gasteiger partial charge in [-0.1, -0.05) is 221 Å². The average Bonchev–Trinajstić information content (AvgIpc) is 3.20. The highest BCUT2D eigenvalue weighted by Gasteiger charge is 2.17. The molecule has 3 N–H and O–H groups in total. The van der Waals surface area contributed by atoms with Gasteiger partial charge in [0.25, 0.3) is 0 Å². The standard InChI is InChI=1S/C52H91NO3/c1-3-5-7-9-11-13-15-17-19-21-23-24-25-26-27-28-30-32-34-36-38-40-42-44-46-48-52(56)53-50(49-54)51(55)47-45-43-41-39-37-35-33-31-29-22-20-18-16-14-12-10-8-6-4-2/h5,7,11,13,17,19,23-24,26-27,37,39,45,47,50-51,54-55H,3-4,6,8-10,12,14-16,18,20-22,25,28-36,38,40-44,46,48-49H2,1-2H3,(H,53,56)/b7-5-,13-11-,19-17-,24-23-,27-26-,39-37+,47-45+. The van der Waals surface area contributed by atoms with Crippen LogP contribution in [0.2, 0.25) is 0 Å². The maximum Gasteiger partial charge on any atom is 0.220 e. The Balaban J connectivity index is 3.64. The molecule has 0 aromatic carbocycles. The third-order valence-corrected chi connectivity index (χ3v) is 10.4. The Hall–Kier alpha value is -2.43. The number of aliphatic hydroxyl groups is 2. The fraction of sp³-hybridized carbons (Fsp3) is 0.712. The van der Waals surface area contributed by atoms with Crippen molar-refractivity contribution in [2.75, 3.05) is 6.61 Å². The fourth-order valence-electron chi connectivity index (χ4n) is 6.75. The van der Waals surface area contributed by atoms with E-state index < -0.39 is 12.1 Å². The van der Waals surface area contributed by atoms with E-state index in [2.05, 4.69) is 92.1 Å². The fourth-order valence-corrected chi connectivity index (χ4v) is 6.75. The van der Waals surface area contributed by atoms with Crippen LogP contribution in [0, 0.1) is 0 Å². The van der Waals surface area contributed by atoms with Crippen molar-refractivity contribution in [2.45, 2.75) is 231 Å². The Morgan fingerprint density at radius 3 is 1.25 bits per heavy atom. The highest BCUT2D eigenvalue weighted by atomic mass is 16.3. The predicted octanol–water partition coefficient (Wildman–Crippen LogP) is 15.2. The zero-order valence-corrected chi connectivity index (χ0v) is 36.9. The summed E-state index contributed by atoms with van der Waals surface area (Å²) in [5.41, 5.74) is 0. The number of hydrogen-bond donors (Lipinski definition) is 3. The molecule has 4 nitrogen and oxygen atoms in total. The van der Waals surface area contributed by atoms with Crippen molar-refractivity contribution in [3.05, 3.63) is 85.1 Å². The van der Waals surface area contributed by atoms with Crippen LogP contribution in [0.3, 0.4) is 0 Å². The summed E-state index contributed by atoms with van der Waals surface area (Å²) < 4.78 is 0. The monoisotopic (exact) mass is 778 g/mol. The minimum absolute atomic E-state index is 0.0832. The maximum atomic E-state index is 12.4. The van der Waals surface area contributed by atoms with E-state index in [1.807, 2.05) is 6.08 Å². The summed E-state index contributed by atoms with van der Waals surface area (Å²) in [6, 6.07) is -0.647. The van der Waals surface area contributed by atoms with Gasteiger partial charge in [-0.3, -0.25) is 4.79 Å². The summed E-state index contributed by atoms with van der Waals surface area (Å²) in [5, 5.41) is 23.0. The van der Waals surface area contributed by atoms with Gasteiger partial charge in [0.15, 0.2) is 0 Å². The molecule has 0 aliphatic heterocycles. The van der Waals surface area contributed by atoms with Crippen LogP contribution in [-0.4, -0.2) is 34.9 Å². The first kappa shape index (κ1) is 53.6. The summed E-state index contributed by atoms with van der Waals surface area (Å²) in [4.78, 5) is 12.4. The Bertz CT molecular complexity index is 1020. The van der Waals surface area contributed by atoms with Gasteiger partial charge in [0.2, 0.25) is 5.91 Å². The van der Waals surface area contributed by atoms with Gasteiger partial charge in [0, 0.05) is 6.42 Å². The maximum absolute atomic E-state index is 12.4. The summed E-state index contributed by atoms with van der Waals surface area (Å²) in [7, 11) is 0. The molecule has 0 spiro atoms. The highest BCUT2D eigenvalue weighted by Crippen LogP contribution is 2.14. The lowest BCUT2D eigenvalue weighted by molar-refractivity contribution is -0.123. The number of nitrogens with one attached hydrogen (secondary N) is 1. The number of allylic oxidation sites excluding steroid dienone is 13. The van der Waals surface area contributed by atoms with E-state index in [9.17, 15) is 15.0 Å². The Morgan fingerprint density at radius 1 is 0.446 bits per heavy atom. The molecule has 0 heterocycles. The van der Waals surface area contributed by atoms with Crippen molar-refractivity contribution in [1.29, 1.82) is 0 Å². The van der Waals surface area contributed by atoms with Crippen LogP contribution in [0.25, 0.3) is 0 Å². The molecule has 2 atom stereocenters. The summed E-state index contributed by atoms with van der Waals surface area (Å²) >= 11 is 0. The van der Waals surface area contributed by atoms with Crippen molar-refractivity contribution in [2.24, 2.45) is 0 Å². The van der Waals surface area contributed by atoms with Crippen LogP contribution in [-0.2, 0) is 4.79 Å². The second-order valence-electron chi connectivity index (χ2n) is 15.8. The molecule has 322 valence electrons. The smallest absolute Gasteiger partial charge is 0.220 e. The molecule has 56 heavy (non-hydrogen) atoms. The zero-order chi connectivity index (χ0) is 40.7. The normalized spacial score (nSPS) is 13.7. The van der Waals surface area contributed by atoms with Gasteiger partial charge < -0.3 is 15.5 Å². The molecule has 0 aliphatic rings. The topological polar surface area (TPSA) is 69.6 Å². The van der Waals surface area contributed by atoms with Gasteiger partial charge in [-0.2, -0.15) is 0 Å². The van der Waals surface area contributed by atoms with E-state index in [1.165, 1.54) is 128 Å². The minimum Gasteiger partial charge on any atom is -0.394 e. The second kappa shape index (κ2) is 46.9. The van der Waals surface area contributed by atoms with Gasteiger partial charge in [-0.05, 0) is 77.0 Å². The van der Waals surface area contributed by atoms with E-state index >= 15 is 0 Å². The molecule has 0 bridgehead atoms. The van der Waals surface area contributed by atoms with Crippen molar-refractivity contribution >= 4 is 5.91 Å². The molecule has 0 saturated carbocycles. The molecule has 0 aromatic rings. The Kier molecular flexibility index (Phi) is 44.9. The van der Waals surface area contributed by atoms with E-state index in [-0.39, 0.29) is 12.5 Å². The molecule has 4 heteroatoms. The van der Waals surface area contributed by atoms with E-state index in [0.717, 1.165) is 70.6 Å². The SMILES string of the molecule is CC/C=C\C/C=C\C/C=C\C/C=C\C/C=C\CCCCCCCCCCCC(=O)NC(CO)C(O)/C=C/CC/C=C/CCCCCCCCCCCCCCC. The van der Waals surface area contributed by atoms with Gasteiger partial charge in [-0.25, -0.2) is 0 Å². The molecule has 1 amide bonds. The first-order chi connectivity index (χ1) is 27.7. The second-order valence-corrected chi connectivity index (χ2v) is 15.8. The number of aliphatic hydroxyl groups excluding tert-OH is 2. The lowest BCUT2D eigenvalue weighted by Crippen LogP contribution is -2.45. The molecule has 0 saturated heterocycles. The third-order valence-electron chi connectivity index (χ3n) is 10.4. The zero-order valence-electron chi connectivity index (χ0n) is 36.9. The van der Waals surface area contributed by atoms with Crippen molar-refractivity contribution in [3.8, 4) is 0 Å². The minimum atomic E-state index is -0.870. The van der Waals surface area contributed by atoms with E-state index in [0.29, 0.717) is 6.42 Å². The lowest BCUT2D eigenvalue weighted by Gasteiger charge is -2.19. The largest absolute Gasteiger partial charge is 0.394 e. The quantitative estimate of drug-likeness (QED) is 0.0427. The van der Waals surface area contributed by atoms with Crippen molar-refractivity contribution < 1.29 is 15.0 Å². The number of unbranched alkanes of at least 4 members (excludes halogenated alkanes) is 23. The van der Waals surface area contributed by atoms with Gasteiger partial charge in [0.1, 0.15) is 0 Å². The Labute approximate surface area is 348 Å². The van der Waals surface area contributed by atoms with E-state index in [1.54, 1.807) is 6.08 Å². The number of carbonyl (C=O) groups is 1. The molecule has 0 radical (unpaired) electrons. The highest BCUT2D eigenvalue weighted by molar-refractivity contribution is 5.76. The van der Waals surface area contributed by atoms with Crippen LogP contribution in [0.15, 0.2) is 85.1 Å². The van der Waals surface area contributed by atoms with Crippen LogP contribution < -0.4 is 5.32 Å². The van der Waals surface area contributed by atoms with Crippen molar-refractivity contribution in [3.63, 3.8) is 0 Å². The third kappa shape index (κ3) is 42.7. The summed E-state index contributed by atoms with van der Waals surface area (Å²) in [5.74, 6) is -0.0832. The molecular formula is C52H91NO3. The van der Waals surface area contributed by atoms with Crippen LogP contribution in [0.4, 0.5) is 0 Å². The number of hydrogen-bond acceptors (Lipinski definition) is 3. The van der Waals surface area contributed by atoms with Gasteiger partial charge in [0.05, 0.1) is 18.8 Å². The number of amides is 1. The molecule has 0 rings (SSSR count). The number of carbonyl (C=O) groups excluding carboxylic acids is 1. The van der Waals surface area contributed by atoms with Crippen LogP contribution >= 0.6 is 0 Å². The van der Waals surface area contributed by atoms with Crippen molar-refractivity contribution in [1.82, 2.24) is 5.32 Å². The molecule has 2 unspecified atom stereocenters. The number of rotatable bonds is 42. The summed E-state index contributed by atoms with van der Waals surface area (Å²) in [6.07, 6.45) is 68.4. The molecular weight excluding hydrogens is 687 g/mol. The Morgan fingerprint density at radius 2 is 0.804 bits per heavy atom. The molecule has 0 fully saturated rings. The van der Waals surface area contributed by atoms with Gasteiger partial charge in [-0.15, -0.1) is 0 Å². The molecule has 0 aromatic heterocycles. The van der Waals surface area contributed by atoms with Gasteiger partial charge >= 0.3 is 0 Å².